The first-order chi connectivity index (χ1) is 6.68. The number of unbranched alkanes of at least 4 members (excludes halogenated alkanes) is 5. The van der Waals surface area contributed by atoms with Crippen molar-refractivity contribution >= 4 is 5.97 Å². The van der Waals surface area contributed by atoms with Gasteiger partial charge in [-0.1, -0.05) is 39.2 Å². The van der Waals surface area contributed by atoms with Crippen LogP contribution < -0.4 is 0 Å². The molecule has 0 aliphatic rings. The molecule has 0 saturated carbocycles. The fraction of sp³-hybridized carbons (Fsp3) is 0.583. The van der Waals surface area contributed by atoms with Crippen molar-refractivity contribution in [1.82, 2.24) is 0 Å². The molecule has 0 spiro atoms. The highest BCUT2D eigenvalue weighted by molar-refractivity contribution is 5.87. The lowest BCUT2D eigenvalue weighted by atomic mass is 10.1. The molecule has 2 heteroatoms. The quantitative estimate of drug-likeness (QED) is 0.337. The van der Waals surface area contributed by atoms with Crippen molar-refractivity contribution in [2.45, 2.75) is 45.4 Å². The summed E-state index contributed by atoms with van der Waals surface area (Å²) >= 11 is 0. The second-order valence-corrected chi connectivity index (χ2v) is 3.41. The minimum atomic E-state index is -0.331. The molecule has 0 amide bonds. The maximum absolute atomic E-state index is 10.9. The second-order valence-electron chi connectivity index (χ2n) is 3.41. The van der Waals surface area contributed by atoms with E-state index in [4.69, 9.17) is 4.74 Å². The molecular weight excluding hydrogens is 176 g/mol. The van der Waals surface area contributed by atoms with Crippen molar-refractivity contribution in [3.8, 4) is 0 Å². The number of hydrogen-bond acceptors (Lipinski definition) is 2. The van der Waals surface area contributed by atoms with Crippen LogP contribution >= 0.6 is 0 Å². The van der Waals surface area contributed by atoms with E-state index in [2.05, 4.69) is 13.5 Å². The first-order valence-corrected chi connectivity index (χ1v) is 5.16. The molecule has 0 N–H and O–H groups in total. The van der Waals surface area contributed by atoms with Crippen molar-refractivity contribution in [3.05, 3.63) is 25.7 Å². The number of rotatable bonds is 8. The van der Waals surface area contributed by atoms with Gasteiger partial charge in [-0.05, 0) is 19.8 Å². The fourth-order valence-electron chi connectivity index (χ4n) is 0.993. The Bertz CT molecular complexity index is 173. The van der Waals surface area contributed by atoms with E-state index in [0.717, 1.165) is 19.3 Å². The first kappa shape index (κ1) is 13.2. The number of hydrogen-bond donors (Lipinski definition) is 0. The van der Waals surface area contributed by atoms with Crippen molar-refractivity contribution in [3.63, 3.8) is 0 Å². The lowest BCUT2D eigenvalue weighted by Crippen LogP contribution is -2.02. The Morgan fingerprint density at radius 1 is 1.29 bits per heavy atom. The summed E-state index contributed by atoms with van der Waals surface area (Å²) in [4.78, 5) is 10.9. The van der Waals surface area contributed by atoms with E-state index in [1.165, 1.54) is 19.3 Å². The number of carbonyl (C=O) groups excluding carboxylic acids is 1. The summed E-state index contributed by atoms with van der Waals surface area (Å²) in [6, 6.07) is 0. The predicted octanol–water partition coefficient (Wildman–Crippen LogP) is 3.44. The molecule has 0 aromatic carbocycles. The van der Waals surface area contributed by atoms with Gasteiger partial charge >= 0.3 is 5.97 Å². The van der Waals surface area contributed by atoms with Crippen LogP contribution in [0.2, 0.25) is 0 Å². The molecule has 0 aromatic heterocycles. The van der Waals surface area contributed by atoms with E-state index >= 15 is 0 Å². The molecule has 2 nitrogen and oxygen atoms in total. The minimum Gasteiger partial charge on any atom is -0.455 e. The Morgan fingerprint density at radius 3 is 2.50 bits per heavy atom. The molecule has 0 rings (SSSR count). The molecule has 0 saturated heterocycles. The third kappa shape index (κ3) is 7.84. The molecule has 0 aromatic rings. The molecule has 0 fully saturated rings. The van der Waals surface area contributed by atoms with Crippen molar-refractivity contribution < 1.29 is 9.53 Å². The van der Waals surface area contributed by atoms with Crippen LogP contribution in [0.5, 0.6) is 0 Å². The zero-order chi connectivity index (χ0) is 10.8. The summed E-state index contributed by atoms with van der Waals surface area (Å²) in [6.45, 7) is 10.5. The Balaban J connectivity index is 3.13. The highest BCUT2D eigenvalue weighted by atomic mass is 16.5. The van der Waals surface area contributed by atoms with Gasteiger partial charge in [0.05, 0.1) is 0 Å². The molecule has 0 atom stereocenters. The summed E-state index contributed by atoms with van der Waals surface area (Å²) in [5.74, 6) is -0.331. The van der Waals surface area contributed by atoms with Crippen LogP contribution in [0.1, 0.15) is 45.4 Å². The monoisotopic (exact) mass is 196 g/mol. The Hall–Kier alpha value is -0.790. The maximum atomic E-state index is 10.9. The summed E-state index contributed by atoms with van der Waals surface area (Å²) in [5, 5.41) is 0. The zero-order valence-corrected chi connectivity index (χ0v) is 9.05. The van der Waals surface area contributed by atoms with E-state index in [-0.39, 0.29) is 5.97 Å². The fourth-order valence-corrected chi connectivity index (χ4v) is 0.993. The van der Waals surface area contributed by atoms with Crippen LogP contribution in [0.3, 0.4) is 0 Å². The summed E-state index contributed by atoms with van der Waals surface area (Å²) < 4.78 is 4.83. The van der Waals surface area contributed by atoms with Crippen LogP contribution in [-0.4, -0.2) is 5.97 Å². The van der Waals surface area contributed by atoms with Crippen molar-refractivity contribution in [2.24, 2.45) is 0 Å². The van der Waals surface area contributed by atoms with E-state index < -0.39 is 0 Å². The molecule has 0 aliphatic carbocycles. The summed E-state index contributed by atoms with van der Waals surface area (Å²) in [6.07, 6.45) is 6.49. The average Bonchev–Trinajstić information content (AvgIpc) is 2.16. The number of carbonyl (C=O) groups is 1. The lowest BCUT2D eigenvalue weighted by Gasteiger charge is -2.02. The van der Waals surface area contributed by atoms with Crippen molar-refractivity contribution in [1.29, 1.82) is 0 Å². The Labute approximate surface area is 87.3 Å². The van der Waals surface area contributed by atoms with Crippen LogP contribution in [0, 0.1) is 13.5 Å². The summed E-state index contributed by atoms with van der Waals surface area (Å²) in [5.41, 5.74) is 0.443. The molecular formula is C12H20O2. The average molecular weight is 196 g/mol. The maximum Gasteiger partial charge on any atom is 0.333 e. The molecule has 0 heterocycles. The van der Waals surface area contributed by atoms with E-state index in [0.29, 0.717) is 5.57 Å². The van der Waals surface area contributed by atoms with E-state index in [1.807, 2.05) is 0 Å². The largest absolute Gasteiger partial charge is 0.455 e. The molecule has 80 valence electrons. The van der Waals surface area contributed by atoms with Gasteiger partial charge in [-0.2, -0.15) is 0 Å². The third-order valence-corrected chi connectivity index (χ3v) is 1.86. The predicted molar refractivity (Wildman–Crippen MR) is 58.3 cm³/mol. The van der Waals surface area contributed by atoms with Gasteiger partial charge < -0.3 is 4.74 Å². The second kappa shape index (κ2) is 8.79. The van der Waals surface area contributed by atoms with Gasteiger partial charge in [0, 0.05) is 5.57 Å². The Kier molecular flexibility index (Phi) is 8.30. The van der Waals surface area contributed by atoms with Gasteiger partial charge in [0.2, 0.25) is 0 Å². The SMILES string of the molecule is [CH2]CCCCCC[CH]OC(=O)C(=C)C. The van der Waals surface area contributed by atoms with Gasteiger partial charge in [-0.15, -0.1) is 0 Å². The van der Waals surface area contributed by atoms with Crippen LogP contribution in [0.4, 0.5) is 0 Å². The van der Waals surface area contributed by atoms with Gasteiger partial charge in [-0.3, -0.25) is 0 Å². The van der Waals surface area contributed by atoms with Gasteiger partial charge in [0.25, 0.3) is 0 Å². The van der Waals surface area contributed by atoms with E-state index in [9.17, 15) is 4.79 Å². The van der Waals surface area contributed by atoms with Gasteiger partial charge in [0.1, 0.15) is 6.61 Å². The topological polar surface area (TPSA) is 26.3 Å². The van der Waals surface area contributed by atoms with Crippen LogP contribution in [0.15, 0.2) is 12.2 Å². The van der Waals surface area contributed by atoms with Crippen LogP contribution in [0.25, 0.3) is 0 Å². The molecule has 0 bridgehead atoms. The van der Waals surface area contributed by atoms with Gasteiger partial charge in [-0.25, -0.2) is 4.79 Å². The van der Waals surface area contributed by atoms with E-state index in [1.54, 1.807) is 13.5 Å². The first-order valence-electron chi connectivity index (χ1n) is 5.16. The van der Waals surface area contributed by atoms with Crippen molar-refractivity contribution in [2.75, 3.05) is 0 Å². The molecule has 0 unspecified atom stereocenters. The molecule has 2 radical (unpaired) electrons. The lowest BCUT2D eigenvalue weighted by molar-refractivity contribution is -0.135. The number of esters is 1. The standard InChI is InChI=1S/C12H20O2/c1-4-5-6-7-8-9-10-14-12(13)11(2)3/h10H,1-2,4-9H2,3H3. The highest BCUT2D eigenvalue weighted by Crippen LogP contribution is 2.07. The Morgan fingerprint density at radius 2 is 1.93 bits per heavy atom. The molecule has 14 heavy (non-hydrogen) atoms. The minimum absolute atomic E-state index is 0.331. The van der Waals surface area contributed by atoms with Gasteiger partial charge in [0.15, 0.2) is 0 Å². The third-order valence-electron chi connectivity index (χ3n) is 1.86. The zero-order valence-electron chi connectivity index (χ0n) is 9.05. The highest BCUT2D eigenvalue weighted by Gasteiger charge is 2.01. The molecule has 0 aliphatic heterocycles. The normalized spacial score (nSPS) is 9.86. The number of ether oxygens (including phenoxy) is 1. The smallest absolute Gasteiger partial charge is 0.333 e. The van der Waals surface area contributed by atoms with Crippen LogP contribution in [-0.2, 0) is 9.53 Å². The summed E-state index contributed by atoms with van der Waals surface area (Å²) in [7, 11) is 0.